The summed E-state index contributed by atoms with van der Waals surface area (Å²) in [6.45, 7) is 6.44. The van der Waals surface area contributed by atoms with Crippen LogP contribution in [0.25, 0.3) is 6.08 Å². The van der Waals surface area contributed by atoms with Crippen molar-refractivity contribution in [2.75, 3.05) is 13.1 Å². The largest absolute Gasteiger partial charge is 0.339 e. The zero-order valence-electron chi connectivity index (χ0n) is 17.6. The first kappa shape index (κ1) is 21.2. The molecule has 162 valence electrons. The molecule has 1 aliphatic heterocycles. The molecule has 0 saturated carbocycles. The Balaban J connectivity index is 1.36. The average molecular weight is 441 g/mol. The normalized spacial score (nSPS) is 15.1. The van der Waals surface area contributed by atoms with Crippen LogP contribution in [0.15, 0.2) is 30.5 Å². The summed E-state index contributed by atoms with van der Waals surface area (Å²) < 4.78 is 0. The van der Waals surface area contributed by atoms with Crippen LogP contribution in [0, 0.1) is 19.8 Å². The van der Waals surface area contributed by atoms with E-state index in [1.807, 2.05) is 36.1 Å². The lowest BCUT2D eigenvalue weighted by Gasteiger charge is -2.31. The minimum Gasteiger partial charge on any atom is -0.339 e. The van der Waals surface area contributed by atoms with E-state index in [2.05, 4.69) is 25.6 Å². The van der Waals surface area contributed by atoms with Gasteiger partial charge in [0.05, 0.1) is 25.0 Å². The zero-order valence-corrected chi connectivity index (χ0v) is 18.4. The molecule has 31 heavy (non-hydrogen) atoms. The van der Waals surface area contributed by atoms with Crippen LogP contribution in [0.3, 0.4) is 0 Å². The maximum atomic E-state index is 12.7. The van der Waals surface area contributed by atoms with E-state index in [0.29, 0.717) is 23.3 Å². The van der Waals surface area contributed by atoms with Crippen LogP contribution in [0.1, 0.15) is 35.5 Å². The van der Waals surface area contributed by atoms with Crippen LogP contribution in [0.4, 0.5) is 0 Å². The van der Waals surface area contributed by atoms with E-state index in [0.717, 1.165) is 49.3 Å². The number of hydrogen-bond acceptors (Lipinski definition) is 6. The third-order valence-electron chi connectivity index (χ3n) is 5.37. The quantitative estimate of drug-likeness (QED) is 0.546. The molecule has 1 amide bonds. The summed E-state index contributed by atoms with van der Waals surface area (Å²) in [6, 6.07) is 5.57. The molecular weight excluding hydrogens is 416 g/mol. The first-order chi connectivity index (χ1) is 15.0. The molecule has 0 unspecified atom stereocenters. The first-order valence-electron chi connectivity index (χ1n) is 10.3. The summed E-state index contributed by atoms with van der Waals surface area (Å²) in [4.78, 5) is 17.9. The number of halogens is 1. The number of likely N-dealkylation sites (tertiary alicyclic amines) is 1. The number of aryl methyl sites for hydroxylation is 2. The Kier molecular flexibility index (Phi) is 6.41. The third kappa shape index (κ3) is 5.55. The van der Waals surface area contributed by atoms with Gasteiger partial charge in [-0.05, 0) is 67.2 Å². The summed E-state index contributed by atoms with van der Waals surface area (Å²) in [5, 5.41) is 21.4. The SMILES string of the molecule is Cc1cnn(CC2CCN(C(=O)/C=C/c3ccc(Cl)cc3Cn3nnc(C)n3)CC2)n1. The molecule has 1 aromatic carbocycles. The lowest BCUT2D eigenvalue weighted by atomic mass is 9.97. The lowest BCUT2D eigenvalue weighted by Crippen LogP contribution is -2.38. The van der Waals surface area contributed by atoms with Gasteiger partial charge in [-0.2, -0.15) is 19.8 Å². The van der Waals surface area contributed by atoms with E-state index in [1.165, 1.54) is 4.80 Å². The molecule has 10 heteroatoms. The summed E-state index contributed by atoms with van der Waals surface area (Å²) in [7, 11) is 0. The molecule has 3 heterocycles. The van der Waals surface area contributed by atoms with Crippen LogP contribution in [-0.2, 0) is 17.9 Å². The third-order valence-corrected chi connectivity index (χ3v) is 5.61. The van der Waals surface area contributed by atoms with Gasteiger partial charge in [0.25, 0.3) is 0 Å². The fourth-order valence-corrected chi connectivity index (χ4v) is 3.92. The van der Waals surface area contributed by atoms with E-state index in [4.69, 9.17) is 11.6 Å². The summed E-state index contributed by atoms with van der Waals surface area (Å²) >= 11 is 6.17. The number of aromatic nitrogens is 7. The van der Waals surface area contributed by atoms with Crippen LogP contribution >= 0.6 is 11.6 Å². The molecule has 0 aliphatic carbocycles. The number of nitrogens with zero attached hydrogens (tertiary/aromatic N) is 8. The number of benzene rings is 1. The monoisotopic (exact) mass is 440 g/mol. The second kappa shape index (κ2) is 9.38. The van der Waals surface area contributed by atoms with Crippen molar-refractivity contribution in [1.82, 2.24) is 40.1 Å². The highest BCUT2D eigenvalue weighted by molar-refractivity contribution is 6.30. The molecule has 0 N–H and O–H groups in total. The van der Waals surface area contributed by atoms with Crippen molar-refractivity contribution in [3.63, 3.8) is 0 Å². The maximum absolute atomic E-state index is 12.7. The highest BCUT2D eigenvalue weighted by atomic mass is 35.5. The molecule has 0 spiro atoms. The molecule has 0 atom stereocenters. The van der Waals surface area contributed by atoms with E-state index >= 15 is 0 Å². The standard InChI is InChI=1S/C21H25ClN8O/c1-15-12-23-29(25-15)13-17-7-9-28(10-8-17)21(31)6-4-18-3-5-20(22)11-19(18)14-30-26-16(2)24-27-30/h3-6,11-12,17H,7-10,13-14H2,1-2H3/b6-4+. The van der Waals surface area contributed by atoms with Gasteiger partial charge in [-0.15, -0.1) is 10.2 Å². The number of hydrogen-bond donors (Lipinski definition) is 0. The Morgan fingerprint density at radius 2 is 2.00 bits per heavy atom. The van der Waals surface area contributed by atoms with E-state index < -0.39 is 0 Å². The molecule has 9 nitrogen and oxygen atoms in total. The fourth-order valence-electron chi connectivity index (χ4n) is 3.72. The van der Waals surface area contributed by atoms with Gasteiger partial charge in [0.15, 0.2) is 5.82 Å². The first-order valence-corrected chi connectivity index (χ1v) is 10.7. The van der Waals surface area contributed by atoms with Gasteiger partial charge in [-0.3, -0.25) is 4.79 Å². The minimum absolute atomic E-state index is 0.0159. The van der Waals surface area contributed by atoms with Crippen molar-refractivity contribution in [3.05, 3.63) is 58.1 Å². The van der Waals surface area contributed by atoms with Gasteiger partial charge in [0, 0.05) is 24.2 Å². The fraction of sp³-hybridized carbons (Fsp3) is 0.429. The van der Waals surface area contributed by atoms with Crippen molar-refractivity contribution in [2.45, 2.75) is 39.8 Å². The van der Waals surface area contributed by atoms with Gasteiger partial charge in [0.1, 0.15) is 0 Å². The topological polar surface area (TPSA) is 94.6 Å². The van der Waals surface area contributed by atoms with E-state index in [1.54, 1.807) is 24.0 Å². The van der Waals surface area contributed by atoms with Gasteiger partial charge in [0.2, 0.25) is 5.91 Å². The Labute approximate surface area is 185 Å². The average Bonchev–Trinajstić information content (AvgIpc) is 3.35. The Morgan fingerprint density at radius 1 is 1.19 bits per heavy atom. The molecule has 3 aromatic rings. The van der Waals surface area contributed by atoms with E-state index in [9.17, 15) is 4.79 Å². The van der Waals surface area contributed by atoms with Gasteiger partial charge in [-0.1, -0.05) is 17.7 Å². The molecule has 1 saturated heterocycles. The maximum Gasteiger partial charge on any atom is 0.246 e. The Bertz CT molecular complexity index is 1080. The highest BCUT2D eigenvalue weighted by Crippen LogP contribution is 2.21. The highest BCUT2D eigenvalue weighted by Gasteiger charge is 2.22. The van der Waals surface area contributed by atoms with Gasteiger partial charge < -0.3 is 4.90 Å². The molecule has 1 aliphatic rings. The molecule has 2 aromatic heterocycles. The van der Waals surface area contributed by atoms with Crippen LogP contribution in [-0.4, -0.2) is 59.1 Å². The van der Waals surface area contributed by atoms with Crippen LogP contribution in [0.2, 0.25) is 5.02 Å². The molecule has 0 bridgehead atoms. The van der Waals surface area contributed by atoms with Crippen molar-refractivity contribution in [2.24, 2.45) is 5.92 Å². The van der Waals surface area contributed by atoms with Crippen LogP contribution in [0.5, 0.6) is 0 Å². The molecule has 0 radical (unpaired) electrons. The number of amides is 1. The minimum atomic E-state index is 0.0159. The van der Waals surface area contributed by atoms with E-state index in [-0.39, 0.29) is 5.91 Å². The van der Waals surface area contributed by atoms with Gasteiger partial charge in [-0.25, -0.2) is 0 Å². The number of rotatable bonds is 6. The Hall–Kier alpha value is -3.07. The summed E-state index contributed by atoms with van der Waals surface area (Å²) in [6.07, 6.45) is 7.13. The van der Waals surface area contributed by atoms with Crippen molar-refractivity contribution >= 4 is 23.6 Å². The Morgan fingerprint density at radius 3 is 2.68 bits per heavy atom. The van der Waals surface area contributed by atoms with Crippen LogP contribution < -0.4 is 0 Å². The lowest BCUT2D eigenvalue weighted by molar-refractivity contribution is -0.127. The molecular formula is C21H25ClN8O. The second-order valence-electron chi connectivity index (χ2n) is 7.85. The predicted molar refractivity (Wildman–Crippen MR) is 116 cm³/mol. The molecule has 4 rings (SSSR count). The molecule has 1 fully saturated rings. The van der Waals surface area contributed by atoms with Crippen molar-refractivity contribution in [3.8, 4) is 0 Å². The number of carbonyl (C=O) groups excluding carboxylic acids is 1. The number of piperidine rings is 1. The predicted octanol–water partition coefficient (Wildman–Crippen LogP) is 2.54. The zero-order chi connectivity index (χ0) is 21.8. The van der Waals surface area contributed by atoms with Crippen molar-refractivity contribution in [1.29, 1.82) is 0 Å². The van der Waals surface area contributed by atoms with Gasteiger partial charge >= 0.3 is 0 Å². The summed E-state index contributed by atoms with van der Waals surface area (Å²) in [5.41, 5.74) is 2.76. The van der Waals surface area contributed by atoms with Crippen molar-refractivity contribution < 1.29 is 4.79 Å². The second-order valence-corrected chi connectivity index (χ2v) is 8.29. The summed E-state index contributed by atoms with van der Waals surface area (Å²) in [5.74, 6) is 1.11. The number of tetrazole rings is 1. The number of carbonyl (C=O) groups is 1. The smallest absolute Gasteiger partial charge is 0.246 e.